The Morgan fingerprint density at radius 2 is 1.78 bits per heavy atom. The smallest absolute Gasteiger partial charge is 0.305 e. The number of carbonyl (C=O) groups is 1. The maximum Gasteiger partial charge on any atom is 0.305 e. The van der Waals surface area contributed by atoms with Gasteiger partial charge in [-0.1, -0.05) is 45.7 Å². The van der Waals surface area contributed by atoms with Gasteiger partial charge in [-0.05, 0) is 55.2 Å². The third kappa shape index (κ3) is 6.64. The van der Waals surface area contributed by atoms with Crippen molar-refractivity contribution in [2.45, 2.75) is 78.6 Å². The zero-order valence-electron chi connectivity index (χ0n) is 15.4. The molecule has 0 bridgehead atoms. The number of phenols is 1. The molecule has 0 aliphatic heterocycles. The average molecular weight is 320 g/mol. The highest BCUT2D eigenvalue weighted by molar-refractivity contribution is 5.69. The van der Waals surface area contributed by atoms with Crippen LogP contribution in [0.15, 0.2) is 12.1 Å². The maximum atomic E-state index is 11.3. The molecule has 23 heavy (non-hydrogen) atoms. The molecule has 0 aliphatic carbocycles. The first-order valence-corrected chi connectivity index (χ1v) is 8.74. The normalized spacial score (nSPS) is 11.5. The molecular formula is C20H32O3. The SMILES string of the molecule is CCOC(=O)CCCCCCc1cc(C)c(O)c(C(C)(C)C)c1. The summed E-state index contributed by atoms with van der Waals surface area (Å²) in [4.78, 5) is 11.3. The number of aryl methyl sites for hydroxylation is 2. The molecule has 1 rings (SSSR count). The Labute approximate surface area is 141 Å². The molecule has 0 radical (unpaired) electrons. The van der Waals surface area contributed by atoms with Crippen molar-refractivity contribution in [2.75, 3.05) is 6.61 Å². The predicted octanol–water partition coefficient (Wildman–Crippen LogP) is 5.05. The largest absolute Gasteiger partial charge is 0.507 e. The third-order valence-corrected chi connectivity index (χ3v) is 4.07. The Morgan fingerprint density at radius 1 is 1.13 bits per heavy atom. The molecule has 1 N–H and O–H groups in total. The highest BCUT2D eigenvalue weighted by Crippen LogP contribution is 2.34. The Morgan fingerprint density at radius 3 is 2.39 bits per heavy atom. The molecule has 0 unspecified atom stereocenters. The van der Waals surface area contributed by atoms with Crippen LogP contribution in [0.3, 0.4) is 0 Å². The van der Waals surface area contributed by atoms with Crippen LogP contribution < -0.4 is 0 Å². The number of carbonyl (C=O) groups excluding carboxylic acids is 1. The van der Waals surface area contributed by atoms with Crippen LogP contribution in [0.5, 0.6) is 5.75 Å². The van der Waals surface area contributed by atoms with Gasteiger partial charge in [-0.3, -0.25) is 4.79 Å². The van der Waals surface area contributed by atoms with Crippen LogP contribution in [0.4, 0.5) is 0 Å². The molecule has 0 atom stereocenters. The zero-order chi connectivity index (χ0) is 17.5. The van der Waals surface area contributed by atoms with Gasteiger partial charge in [0.2, 0.25) is 0 Å². The van der Waals surface area contributed by atoms with E-state index in [1.165, 1.54) is 5.56 Å². The van der Waals surface area contributed by atoms with E-state index in [1.807, 2.05) is 13.8 Å². The summed E-state index contributed by atoms with van der Waals surface area (Å²) in [7, 11) is 0. The predicted molar refractivity (Wildman–Crippen MR) is 95.0 cm³/mol. The highest BCUT2D eigenvalue weighted by atomic mass is 16.5. The monoisotopic (exact) mass is 320 g/mol. The summed E-state index contributed by atoms with van der Waals surface area (Å²) in [5.41, 5.74) is 3.21. The maximum absolute atomic E-state index is 11.3. The molecule has 0 saturated carbocycles. The van der Waals surface area contributed by atoms with Crippen LogP contribution in [-0.4, -0.2) is 17.7 Å². The molecule has 0 heterocycles. The number of unbranched alkanes of at least 4 members (excludes halogenated alkanes) is 3. The van der Waals surface area contributed by atoms with E-state index in [9.17, 15) is 9.90 Å². The molecular weight excluding hydrogens is 288 g/mol. The second-order valence-corrected chi connectivity index (χ2v) is 7.28. The van der Waals surface area contributed by atoms with Crippen molar-refractivity contribution in [3.63, 3.8) is 0 Å². The average Bonchev–Trinajstić information content (AvgIpc) is 2.45. The van der Waals surface area contributed by atoms with E-state index in [-0.39, 0.29) is 11.4 Å². The lowest BCUT2D eigenvalue weighted by atomic mass is 9.83. The van der Waals surface area contributed by atoms with Crippen molar-refractivity contribution >= 4 is 5.97 Å². The number of aromatic hydroxyl groups is 1. The van der Waals surface area contributed by atoms with Gasteiger partial charge < -0.3 is 9.84 Å². The van der Waals surface area contributed by atoms with Crippen LogP contribution in [0.25, 0.3) is 0 Å². The van der Waals surface area contributed by atoms with E-state index in [2.05, 4.69) is 32.9 Å². The van der Waals surface area contributed by atoms with Crippen molar-refractivity contribution in [1.82, 2.24) is 0 Å². The molecule has 3 nitrogen and oxygen atoms in total. The first-order chi connectivity index (χ1) is 10.8. The van der Waals surface area contributed by atoms with Crippen molar-refractivity contribution < 1.29 is 14.6 Å². The van der Waals surface area contributed by atoms with Gasteiger partial charge in [0.05, 0.1) is 6.61 Å². The van der Waals surface area contributed by atoms with Crippen LogP contribution in [-0.2, 0) is 21.4 Å². The van der Waals surface area contributed by atoms with Gasteiger partial charge in [-0.15, -0.1) is 0 Å². The summed E-state index contributed by atoms with van der Waals surface area (Å²) in [5, 5.41) is 10.3. The van der Waals surface area contributed by atoms with Gasteiger partial charge in [-0.25, -0.2) is 0 Å². The summed E-state index contributed by atoms with van der Waals surface area (Å²) in [6.45, 7) is 10.6. The van der Waals surface area contributed by atoms with Gasteiger partial charge in [-0.2, -0.15) is 0 Å². The summed E-state index contributed by atoms with van der Waals surface area (Å²) in [6.07, 6.45) is 5.73. The number of rotatable bonds is 8. The van der Waals surface area contributed by atoms with Gasteiger partial charge in [0.15, 0.2) is 0 Å². The van der Waals surface area contributed by atoms with Gasteiger partial charge in [0.1, 0.15) is 5.75 Å². The minimum absolute atomic E-state index is 0.0511. The summed E-state index contributed by atoms with van der Waals surface area (Å²) in [6, 6.07) is 4.23. The summed E-state index contributed by atoms with van der Waals surface area (Å²) in [5.74, 6) is 0.340. The van der Waals surface area contributed by atoms with Gasteiger partial charge in [0, 0.05) is 6.42 Å². The molecule has 0 aromatic heterocycles. The quantitative estimate of drug-likeness (QED) is 0.538. The fraction of sp³-hybridized carbons (Fsp3) is 0.650. The molecule has 0 aliphatic rings. The van der Waals surface area contributed by atoms with E-state index in [4.69, 9.17) is 4.74 Å². The highest BCUT2D eigenvalue weighted by Gasteiger charge is 2.20. The third-order valence-electron chi connectivity index (χ3n) is 4.07. The fourth-order valence-electron chi connectivity index (χ4n) is 2.76. The first-order valence-electron chi connectivity index (χ1n) is 8.74. The van der Waals surface area contributed by atoms with E-state index >= 15 is 0 Å². The van der Waals surface area contributed by atoms with Gasteiger partial charge in [0.25, 0.3) is 0 Å². The van der Waals surface area contributed by atoms with E-state index in [1.54, 1.807) is 0 Å². The Balaban J connectivity index is 2.44. The van der Waals surface area contributed by atoms with E-state index in [0.717, 1.165) is 43.2 Å². The Kier molecular flexibility index (Phi) is 7.60. The number of hydrogen-bond donors (Lipinski definition) is 1. The van der Waals surface area contributed by atoms with Crippen molar-refractivity contribution in [3.05, 3.63) is 28.8 Å². The number of hydrogen-bond acceptors (Lipinski definition) is 3. The lowest BCUT2D eigenvalue weighted by Gasteiger charge is -2.22. The molecule has 130 valence electrons. The number of phenolic OH excluding ortho intramolecular Hbond substituents is 1. The molecule has 0 spiro atoms. The van der Waals surface area contributed by atoms with Crippen LogP contribution >= 0.6 is 0 Å². The zero-order valence-corrected chi connectivity index (χ0v) is 15.4. The second-order valence-electron chi connectivity index (χ2n) is 7.28. The van der Waals surface area contributed by atoms with Gasteiger partial charge >= 0.3 is 5.97 Å². The summed E-state index contributed by atoms with van der Waals surface area (Å²) < 4.78 is 4.92. The standard InChI is InChI=1S/C20H32O3/c1-6-23-18(21)12-10-8-7-9-11-16-13-15(2)19(22)17(14-16)20(3,4)5/h13-14,22H,6-12H2,1-5H3. The Hall–Kier alpha value is -1.51. The minimum atomic E-state index is -0.0866. The van der Waals surface area contributed by atoms with Crippen LogP contribution in [0, 0.1) is 6.92 Å². The second kappa shape index (κ2) is 8.95. The van der Waals surface area contributed by atoms with Crippen LogP contribution in [0.2, 0.25) is 0 Å². The van der Waals surface area contributed by atoms with Crippen molar-refractivity contribution in [3.8, 4) is 5.75 Å². The topological polar surface area (TPSA) is 46.5 Å². The lowest BCUT2D eigenvalue weighted by Crippen LogP contribution is -2.12. The number of benzene rings is 1. The van der Waals surface area contributed by atoms with Crippen molar-refractivity contribution in [1.29, 1.82) is 0 Å². The summed E-state index contributed by atoms with van der Waals surface area (Å²) >= 11 is 0. The van der Waals surface area contributed by atoms with Crippen molar-refractivity contribution in [2.24, 2.45) is 0 Å². The number of esters is 1. The van der Waals surface area contributed by atoms with Crippen LogP contribution in [0.1, 0.15) is 76.5 Å². The van der Waals surface area contributed by atoms with E-state index < -0.39 is 0 Å². The first kappa shape index (κ1) is 19.5. The molecule has 0 amide bonds. The fourth-order valence-corrected chi connectivity index (χ4v) is 2.76. The molecule has 1 aromatic rings. The van der Waals surface area contributed by atoms with E-state index in [0.29, 0.717) is 18.8 Å². The number of ether oxygens (including phenoxy) is 1. The minimum Gasteiger partial charge on any atom is -0.507 e. The molecule has 3 heteroatoms. The molecule has 0 saturated heterocycles. The molecule has 0 fully saturated rings. The lowest BCUT2D eigenvalue weighted by molar-refractivity contribution is -0.143. The molecule has 1 aromatic carbocycles. The Bertz CT molecular complexity index is 512.